The smallest absolute Gasteiger partial charge is 0.234 e. The molecule has 1 aliphatic carbocycles. The second-order valence-corrected chi connectivity index (χ2v) is 6.18. The molecule has 0 aromatic rings. The van der Waals surface area contributed by atoms with E-state index in [9.17, 15) is 4.79 Å². The lowest BCUT2D eigenvalue weighted by Gasteiger charge is -2.32. The maximum Gasteiger partial charge on any atom is 0.234 e. The number of nitrogens with one attached hydrogen (secondary N) is 2. The molecule has 0 aromatic heterocycles. The Morgan fingerprint density at radius 3 is 2.42 bits per heavy atom. The third-order valence-corrected chi connectivity index (χ3v) is 4.54. The Labute approximate surface area is 117 Å². The average molecular weight is 267 g/mol. The van der Waals surface area contributed by atoms with Crippen LogP contribution < -0.4 is 10.6 Å². The van der Waals surface area contributed by atoms with Crippen molar-refractivity contribution < 1.29 is 4.79 Å². The summed E-state index contributed by atoms with van der Waals surface area (Å²) in [5, 5.41) is 6.46. The first-order chi connectivity index (χ1) is 9.28. The number of likely N-dealkylation sites (tertiary alicyclic amines) is 1. The van der Waals surface area contributed by atoms with Crippen LogP contribution in [-0.4, -0.2) is 50.1 Å². The molecular formula is C15H29N3O. The predicted octanol–water partition coefficient (Wildman–Crippen LogP) is 1.37. The zero-order chi connectivity index (χ0) is 13.5. The summed E-state index contributed by atoms with van der Waals surface area (Å²) in [7, 11) is 2.02. The molecule has 0 spiro atoms. The van der Waals surface area contributed by atoms with Crippen LogP contribution in [0.4, 0.5) is 0 Å². The Hall–Kier alpha value is -0.610. The normalized spacial score (nSPS) is 23.4. The number of rotatable bonds is 5. The van der Waals surface area contributed by atoms with Gasteiger partial charge in [0.2, 0.25) is 5.91 Å². The maximum atomic E-state index is 12.0. The molecule has 2 fully saturated rings. The van der Waals surface area contributed by atoms with Gasteiger partial charge in [-0.3, -0.25) is 9.69 Å². The molecule has 1 aliphatic heterocycles. The average Bonchev–Trinajstić information content (AvgIpc) is 2.42. The highest BCUT2D eigenvalue weighted by Crippen LogP contribution is 2.18. The molecule has 110 valence electrons. The Morgan fingerprint density at radius 2 is 1.79 bits per heavy atom. The molecule has 1 heterocycles. The van der Waals surface area contributed by atoms with Crippen molar-refractivity contribution in [3.63, 3.8) is 0 Å². The van der Waals surface area contributed by atoms with E-state index in [0.717, 1.165) is 25.6 Å². The zero-order valence-corrected chi connectivity index (χ0v) is 12.3. The van der Waals surface area contributed by atoms with Gasteiger partial charge in [-0.2, -0.15) is 0 Å². The van der Waals surface area contributed by atoms with E-state index in [1.165, 1.54) is 44.9 Å². The SMILES string of the molecule is CNCC1CCN(CC(=O)NC2CCCCC2)CC1. The van der Waals surface area contributed by atoms with E-state index in [0.29, 0.717) is 12.6 Å². The van der Waals surface area contributed by atoms with Crippen LogP contribution in [0, 0.1) is 5.92 Å². The van der Waals surface area contributed by atoms with Crippen LogP contribution in [0.3, 0.4) is 0 Å². The van der Waals surface area contributed by atoms with E-state index in [2.05, 4.69) is 15.5 Å². The van der Waals surface area contributed by atoms with Gasteiger partial charge < -0.3 is 10.6 Å². The molecule has 0 radical (unpaired) electrons. The number of nitrogens with zero attached hydrogens (tertiary/aromatic N) is 1. The van der Waals surface area contributed by atoms with Gasteiger partial charge in [0.1, 0.15) is 0 Å². The minimum Gasteiger partial charge on any atom is -0.352 e. The van der Waals surface area contributed by atoms with Gasteiger partial charge in [-0.1, -0.05) is 19.3 Å². The number of hydrogen-bond acceptors (Lipinski definition) is 3. The van der Waals surface area contributed by atoms with Crippen molar-refractivity contribution in [3.8, 4) is 0 Å². The minimum atomic E-state index is 0.235. The van der Waals surface area contributed by atoms with Gasteiger partial charge in [-0.15, -0.1) is 0 Å². The van der Waals surface area contributed by atoms with E-state index in [1.807, 2.05) is 7.05 Å². The molecule has 0 aromatic carbocycles. The van der Waals surface area contributed by atoms with E-state index in [-0.39, 0.29) is 5.91 Å². The lowest BCUT2D eigenvalue weighted by molar-refractivity contribution is -0.123. The van der Waals surface area contributed by atoms with Crippen molar-refractivity contribution in [2.24, 2.45) is 5.92 Å². The van der Waals surface area contributed by atoms with Crippen molar-refractivity contribution in [3.05, 3.63) is 0 Å². The number of piperidine rings is 1. The van der Waals surface area contributed by atoms with E-state index >= 15 is 0 Å². The summed E-state index contributed by atoms with van der Waals surface area (Å²) in [5.41, 5.74) is 0. The highest BCUT2D eigenvalue weighted by molar-refractivity contribution is 5.78. The Balaban J connectivity index is 1.63. The van der Waals surface area contributed by atoms with Gasteiger partial charge >= 0.3 is 0 Å². The monoisotopic (exact) mass is 267 g/mol. The summed E-state index contributed by atoms with van der Waals surface area (Å²) in [6.07, 6.45) is 8.69. The number of carbonyl (C=O) groups excluding carboxylic acids is 1. The molecule has 0 unspecified atom stereocenters. The lowest BCUT2D eigenvalue weighted by Crippen LogP contribution is -2.45. The highest BCUT2D eigenvalue weighted by Gasteiger charge is 2.21. The van der Waals surface area contributed by atoms with Crippen LogP contribution in [-0.2, 0) is 4.79 Å². The number of carbonyl (C=O) groups is 1. The van der Waals surface area contributed by atoms with E-state index in [1.54, 1.807) is 0 Å². The molecule has 1 amide bonds. The van der Waals surface area contributed by atoms with Crippen molar-refractivity contribution in [2.75, 3.05) is 33.2 Å². The maximum absolute atomic E-state index is 12.0. The second-order valence-electron chi connectivity index (χ2n) is 6.18. The summed E-state index contributed by atoms with van der Waals surface area (Å²) in [5.74, 6) is 1.03. The van der Waals surface area contributed by atoms with Gasteiger partial charge in [0.15, 0.2) is 0 Å². The fraction of sp³-hybridized carbons (Fsp3) is 0.933. The van der Waals surface area contributed by atoms with Gasteiger partial charge in [-0.25, -0.2) is 0 Å². The van der Waals surface area contributed by atoms with Crippen LogP contribution in [0.15, 0.2) is 0 Å². The Morgan fingerprint density at radius 1 is 1.11 bits per heavy atom. The number of amides is 1. The zero-order valence-electron chi connectivity index (χ0n) is 12.3. The first-order valence-corrected chi connectivity index (χ1v) is 7.94. The molecule has 1 saturated heterocycles. The Kier molecular flexibility index (Phi) is 6.11. The summed E-state index contributed by atoms with van der Waals surface area (Å²) >= 11 is 0. The fourth-order valence-corrected chi connectivity index (χ4v) is 3.36. The van der Waals surface area contributed by atoms with Crippen LogP contribution >= 0.6 is 0 Å². The Bertz CT molecular complexity index is 269. The first kappa shape index (κ1) is 14.8. The van der Waals surface area contributed by atoms with Crippen LogP contribution in [0.25, 0.3) is 0 Å². The van der Waals surface area contributed by atoms with Gasteiger partial charge in [-0.05, 0) is 58.3 Å². The van der Waals surface area contributed by atoms with E-state index < -0.39 is 0 Å². The van der Waals surface area contributed by atoms with Crippen LogP contribution in [0.1, 0.15) is 44.9 Å². The molecule has 2 rings (SSSR count). The van der Waals surface area contributed by atoms with Gasteiger partial charge in [0.05, 0.1) is 6.54 Å². The van der Waals surface area contributed by atoms with Crippen molar-refractivity contribution in [1.82, 2.24) is 15.5 Å². The molecule has 4 nitrogen and oxygen atoms in total. The predicted molar refractivity (Wildman–Crippen MR) is 78.1 cm³/mol. The third-order valence-electron chi connectivity index (χ3n) is 4.54. The van der Waals surface area contributed by atoms with Gasteiger partial charge in [0, 0.05) is 6.04 Å². The highest BCUT2D eigenvalue weighted by atomic mass is 16.2. The van der Waals surface area contributed by atoms with Crippen molar-refractivity contribution in [1.29, 1.82) is 0 Å². The van der Waals surface area contributed by atoms with Crippen molar-refractivity contribution >= 4 is 5.91 Å². The van der Waals surface area contributed by atoms with Crippen molar-refractivity contribution in [2.45, 2.75) is 51.0 Å². The molecule has 4 heteroatoms. The minimum absolute atomic E-state index is 0.235. The molecule has 2 aliphatic rings. The van der Waals surface area contributed by atoms with Crippen LogP contribution in [0.5, 0.6) is 0 Å². The topological polar surface area (TPSA) is 44.4 Å². The number of hydrogen-bond donors (Lipinski definition) is 2. The molecule has 1 saturated carbocycles. The molecule has 19 heavy (non-hydrogen) atoms. The summed E-state index contributed by atoms with van der Waals surface area (Å²) in [6.45, 7) is 3.86. The standard InChI is InChI=1S/C15H29N3O/c1-16-11-13-7-9-18(10-8-13)12-15(19)17-14-5-3-2-4-6-14/h13-14,16H,2-12H2,1H3,(H,17,19). The molecule has 0 atom stereocenters. The summed E-state index contributed by atoms with van der Waals surface area (Å²) < 4.78 is 0. The van der Waals surface area contributed by atoms with Gasteiger partial charge in [0.25, 0.3) is 0 Å². The fourth-order valence-electron chi connectivity index (χ4n) is 3.36. The van der Waals surface area contributed by atoms with Crippen LogP contribution in [0.2, 0.25) is 0 Å². The quantitative estimate of drug-likeness (QED) is 0.791. The molecule has 2 N–H and O–H groups in total. The summed E-state index contributed by atoms with van der Waals surface area (Å²) in [6, 6.07) is 0.447. The molecular weight excluding hydrogens is 238 g/mol. The second kappa shape index (κ2) is 7.85. The molecule has 0 bridgehead atoms. The third kappa shape index (κ3) is 5.11. The largest absolute Gasteiger partial charge is 0.352 e. The summed E-state index contributed by atoms with van der Waals surface area (Å²) in [4.78, 5) is 14.3. The first-order valence-electron chi connectivity index (χ1n) is 7.94. The van der Waals surface area contributed by atoms with E-state index in [4.69, 9.17) is 0 Å². The lowest BCUT2D eigenvalue weighted by atomic mass is 9.95.